The standard InChI is InChI=1S/C20H29FN7O7P/c1-5-32-19(29)11(3)26-36(31,27-12(4)20(30)33-6-2)10-34-14-7-13(21)18(35-14)28-9-25-15-16(22)23-8-24-17(15)28/h7-9,11-12,14,18H,5-6,10H2,1-4H3,(H2,22,23,24)(H2,26,27,31)/t11?,12?,14-,18+,36?/m0/s1. The van der Waals surface area contributed by atoms with Crippen LogP contribution < -0.4 is 15.9 Å². The molecular formula is C20H29FN7O7P. The van der Waals surface area contributed by atoms with Crippen LogP contribution in [0, 0.1) is 0 Å². The molecule has 0 bridgehead atoms. The summed E-state index contributed by atoms with van der Waals surface area (Å²) in [6.45, 7) is 6.40. The molecule has 0 spiro atoms. The summed E-state index contributed by atoms with van der Waals surface area (Å²) in [6, 6.07) is -2.01. The zero-order valence-corrected chi connectivity index (χ0v) is 21.1. The number of nitrogen functional groups attached to an aromatic ring is 1. The van der Waals surface area contributed by atoms with Crippen molar-refractivity contribution in [2.24, 2.45) is 0 Å². The number of ether oxygens (including phenoxy) is 4. The van der Waals surface area contributed by atoms with Gasteiger partial charge >= 0.3 is 11.9 Å². The SMILES string of the molecule is CCOC(=O)C(C)NP(=O)(CO[C@@H]1C=C(F)[C@H](n2cnc3c(N)ncnc32)O1)NC(C)C(=O)OCC. The highest BCUT2D eigenvalue weighted by Gasteiger charge is 2.36. The summed E-state index contributed by atoms with van der Waals surface area (Å²) < 4.78 is 50.8. The van der Waals surface area contributed by atoms with Gasteiger partial charge in [0.15, 0.2) is 29.8 Å². The number of aromatic nitrogens is 4. The number of hydrogen-bond donors (Lipinski definition) is 3. The molecule has 0 fully saturated rings. The van der Waals surface area contributed by atoms with Gasteiger partial charge in [0.25, 0.3) is 0 Å². The molecule has 0 radical (unpaired) electrons. The lowest BCUT2D eigenvalue weighted by atomic mass is 10.4. The van der Waals surface area contributed by atoms with Crippen molar-refractivity contribution < 1.29 is 37.5 Å². The van der Waals surface area contributed by atoms with E-state index in [2.05, 4.69) is 25.1 Å². The summed E-state index contributed by atoms with van der Waals surface area (Å²) in [5, 5.41) is 5.26. The Morgan fingerprint density at radius 1 is 1.17 bits per heavy atom. The van der Waals surface area contributed by atoms with Gasteiger partial charge in [-0.2, -0.15) is 0 Å². The van der Waals surface area contributed by atoms with E-state index in [9.17, 15) is 18.5 Å². The Kier molecular flexibility index (Phi) is 9.08. The minimum atomic E-state index is -3.80. The maximum absolute atomic E-state index is 14.8. The largest absolute Gasteiger partial charge is 0.465 e. The van der Waals surface area contributed by atoms with Gasteiger partial charge in [-0.3, -0.25) is 18.7 Å². The predicted octanol–water partition coefficient (Wildman–Crippen LogP) is 1.37. The van der Waals surface area contributed by atoms with Gasteiger partial charge in [-0.05, 0) is 27.7 Å². The third-order valence-corrected chi connectivity index (χ3v) is 7.06. The lowest BCUT2D eigenvalue weighted by Gasteiger charge is -2.27. The van der Waals surface area contributed by atoms with E-state index in [-0.39, 0.29) is 30.2 Å². The van der Waals surface area contributed by atoms with Gasteiger partial charge in [0.1, 0.15) is 30.3 Å². The minimum absolute atomic E-state index is 0.124. The van der Waals surface area contributed by atoms with Crippen LogP contribution in [-0.4, -0.2) is 69.4 Å². The molecule has 0 saturated carbocycles. The van der Waals surface area contributed by atoms with E-state index in [0.29, 0.717) is 0 Å². The molecule has 1 aliphatic heterocycles. The van der Waals surface area contributed by atoms with Gasteiger partial charge in [-0.25, -0.2) is 29.5 Å². The molecule has 4 atom stereocenters. The van der Waals surface area contributed by atoms with Crippen molar-refractivity contribution >= 4 is 36.4 Å². The van der Waals surface area contributed by atoms with E-state index < -0.39 is 56.2 Å². The Labute approximate surface area is 206 Å². The Morgan fingerprint density at radius 2 is 1.78 bits per heavy atom. The van der Waals surface area contributed by atoms with Crippen LogP contribution in [-0.2, 0) is 33.1 Å². The molecule has 0 aliphatic carbocycles. The van der Waals surface area contributed by atoms with Gasteiger partial charge in [0.2, 0.25) is 7.44 Å². The van der Waals surface area contributed by atoms with Crippen molar-refractivity contribution in [1.29, 1.82) is 0 Å². The summed E-state index contributed by atoms with van der Waals surface area (Å²) in [7, 11) is -3.80. The molecular weight excluding hydrogens is 500 g/mol. The van der Waals surface area contributed by atoms with E-state index >= 15 is 0 Å². The monoisotopic (exact) mass is 529 g/mol. The molecule has 4 N–H and O–H groups in total. The Hall–Kier alpha value is -2.97. The number of esters is 2. The lowest BCUT2D eigenvalue weighted by Crippen LogP contribution is -2.43. The highest BCUT2D eigenvalue weighted by atomic mass is 31.2. The van der Waals surface area contributed by atoms with Crippen LogP contribution in [0.4, 0.5) is 10.2 Å². The molecule has 16 heteroatoms. The Balaban J connectivity index is 1.72. The van der Waals surface area contributed by atoms with Gasteiger partial charge in [0.05, 0.1) is 19.5 Å². The summed E-state index contributed by atoms with van der Waals surface area (Å²) in [6.07, 6.45) is 0.484. The molecule has 0 aromatic carbocycles. The van der Waals surface area contributed by atoms with Crippen molar-refractivity contribution in [2.75, 3.05) is 25.3 Å². The molecule has 0 amide bonds. The fourth-order valence-electron chi connectivity index (χ4n) is 3.33. The first-order valence-corrected chi connectivity index (χ1v) is 13.0. The van der Waals surface area contributed by atoms with Gasteiger partial charge in [0, 0.05) is 6.08 Å². The number of fused-ring (bicyclic) bond motifs is 1. The number of nitrogens with one attached hydrogen (secondary N) is 2. The van der Waals surface area contributed by atoms with Crippen molar-refractivity contribution in [3.63, 3.8) is 0 Å². The molecule has 2 aromatic rings. The van der Waals surface area contributed by atoms with Crippen LogP contribution in [0.15, 0.2) is 24.6 Å². The fraction of sp³-hybridized carbons (Fsp3) is 0.550. The van der Waals surface area contributed by atoms with Crippen molar-refractivity contribution in [3.05, 3.63) is 24.6 Å². The summed E-state index contributed by atoms with van der Waals surface area (Å²) in [5.41, 5.74) is 6.30. The van der Waals surface area contributed by atoms with Crippen LogP contribution >= 0.6 is 7.44 Å². The molecule has 2 unspecified atom stereocenters. The average Bonchev–Trinajstić information content (AvgIpc) is 3.41. The third kappa shape index (κ3) is 6.42. The van der Waals surface area contributed by atoms with Gasteiger partial charge in [-0.1, -0.05) is 0 Å². The predicted molar refractivity (Wildman–Crippen MR) is 125 cm³/mol. The van der Waals surface area contributed by atoms with Crippen molar-refractivity contribution in [3.8, 4) is 0 Å². The second kappa shape index (κ2) is 11.8. The molecule has 36 heavy (non-hydrogen) atoms. The van der Waals surface area contributed by atoms with E-state index in [4.69, 9.17) is 24.7 Å². The maximum Gasteiger partial charge on any atom is 0.323 e. The first-order valence-electron chi connectivity index (χ1n) is 11.1. The number of carbonyl (C=O) groups is 2. The highest BCUT2D eigenvalue weighted by molar-refractivity contribution is 7.59. The molecule has 198 valence electrons. The normalized spacial score (nSPS) is 21.0. The number of halogens is 1. The molecule has 1 aliphatic rings. The average molecular weight is 529 g/mol. The van der Waals surface area contributed by atoms with Crippen LogP contribution in [0.2, 0.25) is 0 Å². The first-order chi connectivity index (χ1) is 17.1. The number of nitrogens with two attached hydrogens (primary N) is 1. The number of anilines is 1. The zero-order chi connectivity index (χ0) is 26.5. The maximum atomic E-state index is 14.8. The number of imidazole rings is 1. The summed E-state index contributed by atoms with van der Waals surface area (Å²) in [4.78, 5) is 36.1. The van der Waals surface area contributed by atoms with E-state index in [1.807, 2.05) is 0 Å². The second-order valence-electron chi connectivity index (χ2n) is 7.73. The third-order valence-electron chi connectivity index (χ3n) is 4.94. The number of nitrogens with zero attached hydrogens (tertiary/aromatic N) is 4. The quantitative estimate of drug-likeness (QED) is 0.265. The number of rotatable bonds is 12. The van der Waals surface area contributed by atoms with Crippen LogP contribution in [0.1, 0.15) is 33.9 Å². The van der Waals surface area contributed by atoms with Crippen LogP contribution in [0.3, 0.4) is 0 Å². The smallest absolute Gasteiger partial charge is 0.323 e. The second-order valence-corrected chi connectivity index (χ2v) is 9.99. The molecule has 3 heterocycles. The molecule has 3 rings (SSSR count). The van der Waals surface area contributed by atoms with E-state index in [1.54, 1.807) is 13.8 Å². The first kappa shape index (κ1) is 27.6. The zero-order valence-electron chi connectivity index (χ0n) is 20.2. The fourth-order valence-corrected chi connectivity index (χ4v) is 5.37. The van der Waals surface area contributed by atoms with Gasteiger partial charge < -0.3 is 24.7 Å². The summed E-state index contributed by atoms with van der Waals surface area (Å²) >= 11 is 0. The lowest BCUT2D eigenvalue weighted by molar-refractivity contribution is -0.145. The number of hydrogen-bond acceptors (Lipinski definition) is 11. The van der Waals surface area contributed by atoms with Crippen LogP contribution in [0.25, 0.3) is 11.2 Å². The molecule has 2 aromatic heterocycles. The van der Waals surface area contributed by atoms with E-state index in [0.717, 1.165) is 6.08 Å². The Bertz CT molecular complexity index is 1150. The topological polar surface area (TPSA) is 182 Å². The van der Waals surface area contributed by atoms with Crippen molar-refractivity contribution in [1.82, 2.24) is 29.7 Å². The van der Waals surface area contributed by atoms with Gasteiger partial charge in [-0.15, -0.1) is 0 Å². The highest BCUT2D eigenvalue weighted by Crippen LogP contribution is 2.40. The molecule has 14 nitrogen and oxygen atoms in total. The molecule has 0 saturated heterocycles. The van der Waals surface area contributed by atoms with Crippen molar-refractivity contribution in [2.45, 2.75) is 52.3 Å². The van der Waals surface area contributed by atoms with E-state index in [1.165, 1.54) is 31.1 Å². The Morgan fingerprint density at radius 3 is 2.36 bits per heavy atom. The summed E-state index contributed by atoms with van der Waals surface area (Å²) in [5.74, 6) is -1.88. The number of carbonyl (C=O) groups excluding carboxylic acids is 2. The van der Waals surface area contributed by atoms with Crippen LogP contribution in [0.5, 0.6) is 0 Å². The minimum Gasteiger partial charge on any atom is -0.465 e.